The first-order chi connectivity index (χ1) is 27.7. The van der Waals surface area contributed by atoms with Gasteiger partial charge in [-0.15, -0.1) is 11.3 Å². The van der Waals surface area contributed by atoms with Crippen molar-refractivity contribution in [3.05, 3.63) is 188 Å². The quantitative estimate of drug-likeness (QED) is 0.176. The molecule has 56 heavy (non-hydrogen) atoms. The Balaban J connectivity index is 0.968. The van der Waals surface area contributed by atoms with Gasteiger partial charge in [-0.05, 0) is 100 Å². The maximum Gasteiger partial charge on any atom is 0.143 e. The fourth-order valence-corrected chi connectivity index (χ4v) is 9.73. The van der Waals surface area contributed by atoms with Gasteiger partial charge in [0.05, 0.1) is 0 Å². The van der Waals surface area contributed by atoms with E-state index in [1.54, 1.807) is 0 Å². The lowest BCUT2D eigenvalue weighted by Gasteiger charge is -2.26. The largest absolute Gasteiger partial charge is 0.456 e. The van der Waals surface area contributed by atoms with E-state index in [1.165, 1.54) is 25.6 Å². The van der Waals surface area contributed by atoms with Crippen LogP contribution in [0.5, 0.6) is 0 Å². The summed E-state index contributed by atoms with van der Waals surface area (Å²) in [6, 6.07) is 67.3. The normalized spacial score (nSPS) is 11.9. The van der Waals surface area contributed by atoms with E-state index in [1.807, 2.05) is 23.5 Å². The van der Waals surface area contributed by atoms with E-state index in [2.05, 4.69) is 181 Å². The van der Waals surface area contributed by atoms with Crippen LogP contribution in [0.1, 0.15) is 0 Å². The fraction of sp³-hybridized carbons (Fsp3) is 0. The van der Waals surface area contributed by atoms with Crippen molar-refractivity contribution in [2.24, 2.45) is 0 Å². The van der Waals surface area contributed by atoms with Crippen LogP contribution >= 0.6 is 11.3 Å². The minimum absolute atomic E-state index is 0.899. The van der Waals surface area contributed by atoms with Crippen LogP contribution in [-0.2, 0) is 0 Å². The van der Waals surface area contributed by atoms with Crippen molar-refractivity contribution in [2.75, 3.05) is 4.90 Å². The molecule has 12 rings (SSSR count). The molecule has 0 aliphatic carbocycles. The van der Waals surface area contributed by atoms with Gasteiger partial charge < -0.3 is 13.7 Å². The van der Waals surface area contributed by atoms with Gasteiger partial charge in [0.15, 0.2) is 0 Å². The summed E-state index contributed by atoms with van der Waals surface area (Å²) in [4.78, 5) is 2.36. The van der Waals surface area contributed by atoms with Crippen LogP contribution in [0.25, 0.3) is 97.1 Å². The molecule has 9 aromatic carbocycles. The van der Waals surface area contributed by atoms with Crippen molar-refractivity contribution in [1.82, 2.24) is 0 Å². The van der Waals surface area contributed by atoms with E-state index in [9.17, 15) is 0 Å². The molecule has 0 atom stereocenters. The Morgan fingerprint density at radius 1 is 0.357 bits per heavy atom. The first-order valence-corrected chi connectivity index (χ1v) is 19.7. The molecule has 3 nitrogen and oxygen atoms in total. The molecule has 0 N–H and O–H groups in total. The monoisotopic (exact) mass is 733 g/mol. The Bertz CT molecular complexity index is 3480. The molecule has 0 radical (unpaired) electrons. The van der Waals surface area contributed by atoms with Gasteiger partial charge in [0.2, 0.25) is 0 Å². The van der Waals surface area contributed by atoms with Crippen LogP contribution < -0.4 is 4.90 Å². The second kappa shape index (κ2) is 12.2. The Hall–Kier alpha value is -7.14. The molecule has 12 aromatic rings. The Labute approximate surface area is 325 Å². The second-order valence-electron chi connectivity index (χ2n) is 14.5. The molecule has 4 heteroatoms. The summed E-state index contributed by atoms with van der Waals surface area (Å²) in [5.74, 6) is 0. The van der Waals surface area contributed by atoms with E-state index in [0.29, 0.717) is 0 Å². The first-order valence-electron chi connectivity index (χ1n) is 18.9. The number of para-hydroxylation sites is 1. The number of rotatable bonds is 5. The topological polar surface area (TPSA) is 29.5 Å². The Morgan fingerprint density at radius 2 is 0.982 bits per heavy atom. The predicted octanol–water partition coefficient (Wildman–Crippen LogP) is 15.8. The summed E-state index contributed by atoms with van der Waals surface area (Å²) in [5, 5.41) is 9.46. The van der Waals surface area contributed by atoms with Gasteiger partial charge in [-0.25, -0.2) is 0 Å². The van der Waals surface area contributed by atoms with Crippen molar-refractivity contribution < 1.29 is 8.83 Å². The SMILES string of the molecule is c1ccc2c(c1)ccc1c2oc2cccc(-c3ccc(N(c4ccc(-c5ccc6c(c5)oc5ccccc56)cc4)c4ccc5c(c4)sc4ccccc45)cc3)c21. The fourth-order valence-electron chi connectivity index (χ4n) is 8.59. The number of hydrogen-bond acceptors (Lipinski definition) is 4. The molecular formula is C52H31NO2S. The summed E-state index contributed by atoms with van der Waals surface area (Å²) in [6.07, 6.45) is 0. The van der Waals surface area contributed by atoms with Crippen LogP contribution in [-0.4, -0.2) is 0 Å². The van der Waals surface area contributed by atoms with Crippen molar-refractivity contribution in [1.29, 1.82) is 0 Å². The summed E-state index contributed by atoms with van der Waals surface area (Å²) in [7, 11) is 0. The summed E-state index contributed by atoms with van der Waals surface area (Å²) in [6.45, 7) is 0. The first kappa shape index (κ1) is 31.2. The van der Waals surface area contributed by atoms with Gasteiger partial charge >= 0.3 is 0 Å². The number of anilines is 3. The van der Waals surface area contributed by atoms with Crippen LogP contribution in [0.3, 0.4) is 0 Å². The summed E-state index contributed by atoms with van der Waals surface area (Å²) < 4.78 is 15.3. The molecule has 3 heterocycles. The van der Waals surface area contributed by atoms with Crippen molar-refractivity contribution in [3.8, 4) is 22.3 Å². The maximum atomic E-state index is 6.53. The minimum Gasteiger partial charge on any atom is -0.456 e. The second-order valence-corrected chi connectivity index (χ2v) is 15.5. The third-order valence-electron chi connectivity index (χ3n) is 11.3. The van der Waals surface area contributed by atoms with Crippen LogP contribution in [0.2, 0.25) is 0 Å². The number of furan rings is 2. The van der Waals surface area contributed by atoms with Crippen LogP contribution in [0, 0.1) is 0 Å². The van der Waals surface area contributed by atoms with Gasteiger partial charge in [0.25, 0.3) is 0 Å². The van der Waals surface area contributed by atoms with Gasteiger partial charge in [0, 0.05) is 64.2 Å². The van der Waals surface area contributed by atoms with Gasteiger partial charge in [-0.1, -0.05) is 115 Å². The van der Waals surface area contributed by atoms with Crippen molar-refractivity contribution >= 4 is 103 Å². The zero-order valence-corrected chi connectivity index (χ0v) is 30.9. The molecule has 0 aliphatic heterocycles. The zero-order chi connectivity index (χ0) is 36.7. The molecule has 0 unspecified atom stereocenters. The maximum absolute atomic E-state index is 6.53. The molecule has 3 aromatic heterocycles. The van der Waals surface area contributed by atoms with Gasteiger partial charge in [-0.3, -0.25) is 0 Å². The van der Waals surface area contributed by atoms with Crippen molar-refractivity contribution in [2.45, 2.75) is 0 Å². The van der Waals surface area contributed by atoms with E-state index in [0.717, 1.165) is 88.6 Å². The average molecular weight is 734 g/mol. The summed E-state index contributed by atoms with van der Waals surface area (Å²) in [5.41, 5.74) is 11.5. The molecule has 0 aliphatic rings. The van der Waals surface area contributed by atoms with Crippen LogP contribution in [0.15, 0.2) is 197 Å². The molecule has 0 bridgehead atoms. The highest BCUT2D eigenvalue weighted by Crippen LogP contribution is 2.43. The molecule has 0 saturated heterocycles. The Kier molecular flexibility index (Phi) is 6.80. The molecule has 0 spiro atoms. The standard InChI is InChI=1S/C52H31NO2S/c1-2-9-40-33(8-1)20-28-45-51-39(12-7-14-47(51)55-52(40)45)34-18-24-37(25-19-34)53(38-26-29-44-43-11-4-6-15-49(43)56-50(44)31-38)36-22-16-32(17-23-36)35-21-27-42-41-10-3-5-13-46(41)54-48(42)30-35/h1-31H. The van der Waals surface area contributed by atoms with Crippen LogP contribution in [0.4, 0.5) is 17.1 Å². The van der Waals surface area contributed by atoms with E-state index in [-0.39, 0.29) is 0 Å². The number of benzene rings is 9. The minimum atomic E-state index is 0.899. The smallest absolute Gasteiger partial charge is 0.143 e. The van der Waals surface area contributed by atoms with E-state index < -0.39 is 0 Å². The lowest BCUT2D eigenvalue weighted by atomic mass is 9.98. The highest BCUT2D eigenvalue weighted by molar-refractivity contribution is 7.25. The average Bonchev–Trinajstić information content (AvgIpc) is 3.95. The van der Waals surface area contributed by atoms with Crippen molar-refractivity contribution in [3.63, 3.8) is 0 Å². The third-order valence-corrected chi connectivity index (χ3v) is 12.4. The van der Waals surface area contributed by atoms with Gasteiger partial charge in [-0.2, -0.15) is 0 Å². The molecular weight excluding hydrogens is 703 g/mol. The number of hydrogen-bond donors (Lipinski definition) is 0. The van der Waals surface area contributed by atoms with Gasteiger partial charge in [0.1, 0.15) is 22.3 Å². The lowest BCUT2D eigenvalue weighted by molar-refractivity contribution is 0.669. The molecule has 262 valence electrons. The molecule has 0 fully saturated rings. The molecule has 0 saturated carbocycles. The number of thiophene rings is 1. The summed E-state index contributed by atoms with van der Waals surface area (Å²) >= 11 is 1.84. The third kappa shape index (κ3) is 4.83. The Morgan fingerprint density at radius 3 is 1.84 bits per heavy atom. The van der Waals surface area contributed by atoms with E-state index in [4.69, 9.17) is 8.83 Å². The number of nitrogens with zero attached hydrogens (tertiary/aromatic N) is 1. The lowest BCUT2D eigenvalue weighted by Crippen LogP contribution is -2.09. The highest BCUT2D eigenvalue weighted by atomic mass is 32.1. The zero-order valence-electron chi connectivity index (χ0n) is 30.1. The molecule has 0 amide bonds. The number of fused-ring (bicyclic) bond motifs is 11. The highest BCUT2D eigenvalue weighted by Gasteiger charge is 2.18. The van der Waals surface area contributed by atoms with E-state index >= 15 is 0 Å². The predicted molar refractivity (Wildman–Crippen MR) is 237 cm³/mol.